The lowest BCUT2D eigenvalue weighted by Crippen LogP contribution is -2.30. The molecule has 0 fully saturated rings. The van der Waals surface area contributed by atoms with Gasteiger partial charge >= 0.3 is 6.18 Å². The van der Waals surface area contributed by atoms with Crippen LogP contribution in [0.5, 0.6) is 0 Å². The Kier molecular flexibility index (Phi) is 4.94. The molecule has 3 heterocycles. The minimum absolute atomic E-state index is 0.108. The number of H-pyrrole nitrogens is 1. The number of pyridine rings is 2. The second kappa shape index (κ2) is 7.58. The monoisotopic (exact) mass is 414 g/mol. The molecule has 0 unspecified atom stereocenters. The maximum absolute atomic E-state index is 14.4. The van der Waals surface area contributed by atoms with Gasteiger partial charge in [-0.25, -0.2) is 9.37 Å². The van der Waals surface area contributed by atoms with Crippen molar-refractivity contribution in [1.82, 2.24) is 20.3 Å². The zero-order valence-corrected chi connectivity index (χ0v) is 15.2. The van der Waals surface area contributed by atoms with Crippen molar-refractivity contribution in [2.45, 2.75) is 12.2 Å². The highest BCUT2D eigenvalue weighted by Crippen LogP contribution is 2.31. The molecule has 0 radical (unpaired) electrons. The number of benzene rings is 1. The summed E-state index contributed by atoms with van der Waals surface area (Å²) in [6, 6.07) is 8.97. The molecule has 0 saturated carbocycles. The van der Waals surface area contributed by atoms with E-state index in [4.69, 9.17) is 0 Å². The van der Waals surface area contributed by atoms with Crippen LogP contribution in [0.4, 0.5) is 17.6 Å². The fourth-order valence-electron chi connectivity index (χ4n) is 3.14. The summed E-state index contributed by atoms with van der Waals surface area (Å²) in [6.07, 6.45) is -0.137. The fourth-order valence-corrected chi connectivity index (χ4v) is 3.14. The molecule has 4 aromatic rings. The Morgan fingerprint density at radius 1 is 1.00 bits per heavy atom. The van der Waals surface area contributed by atoms with Crippen molar-refractivity contribution in [3.8, 4) is 0 Å². The van der Waals surface area contributed by atoms with Crippen LogP contribution in [0, 0.1) is 5.82 Å². The number of carbonyl (C=O) groups excluding carboxylic acids is 1. The summed E-state index contributed by atoms with van der Waals surface area (Å²) in [5, 5.41) is 3.23. The summed E-state index contributed by atoms with van der Waals surface area (Å²) >= 11 is 0. The molecular formula is C21H14F4N4O. The van der Waals surface area contributed by atoms with Crippen molar-refractivity contribution >= 4 is 16.9 Å². The number of aromatic amines is 1. The van der Waals surface area contributed by atoms with Crippen molar-refractivity contribution in [2.75, 3.05) is 0 Å². The number of nitrogens with zero attached hydrogens (tertiary/aromatic N) is 2. The molecule has 30 heavy (non-hydrogen) atoms. The lowest BCUT2D eigenvalue weighted by Gasteiger charge is -2.20. The summed E-state index contributed by atoms with van der Waals surface area (Å²) < 4.78 is 53.1. The third-order valence-corrected chi connectivity index (χ3v) is 4.60. The summed E-state index contributed by atoms with van der Waals surface area (Å²) in [6.45, 7) is 0. The van der Waals surface area contributed by atoms with Crippen LogP contribution in [0.25, 0.3) is 11.0 Å². The van der Waals surface area contributed by atoms with Crippen molar-refractivity contribution in [3.05, 3.63) is 95.3 Å². The summed E-state index contributed by atoms with van der Waals surface area (Å²) in [4.78, 5) is 23.9. The van der Waals surface area contributed by atoms with Crippen LogP contribution >= 0.6 is 0 Å². The van der Waals surface area contributed by atoms with Crippen LogP contribution in [0.3, 0.4) is 0 Å². The summed E-state index contributed by atoms with van der Waals surface area (Å²) in [5.74, 6) is -1.24. The number of halogens is 4. The molecule has 0 aliphatic heterocycles. The Morgan fingerprint density at radius 3 is 2.40 bits per heavy atom. The molecule has 1 amide bonds. The van der Waals surface area contributed by atoms with E-state index in [1.807, 2.05) is 0 Å². The van der Waals surface area contributed by atoms with E-state index in [0.717, 1.165) is 12.1 Å². The Bertz CT molecular complexity index is 1200. The van der Waals surface area contributed by atoms with E-state index in [1.54, 1.807) is 18.3 Å². The van der Waals surface area contributed by atoms with Gasteiger partial charge in [-0.3, -0.25) is 9.78 Å². The maximum Gasteiger partial charge on any atom is 0.416 e. The zero-order valence-electron chi connectivity index (χ0n) is 15.2. The van der Waals surface area contributed by atoms with Gasteiger partial charge in [-0.1, -0.05) is 12.1 Å². The number of nitrogens with one attached hydrogen (secondary N) is 2. The molecule has 152 valence electrons. The smallest absolute Gasteiger partial charge is 0.345 e. The van der Waals surface area contributed by atoms with Crippen LogP contribution in [0.15, 0.2) is 67.1 Å². The number of alkyl halides is 3. The molecule has 4 rings (SSSR count). The van der Waals surface area contributed by atoms with Crippen molar-refractivity contribution in [3.63, 3.8) is 0 Å². The first-order valence-electron chi connectivity index (χ1n) is 8.85. The largest absolute Gasteiger partial charge is 0.416 e. The van der Waals surface area contributed by atoms with Crippen molar-refractivity contribution < 1.29 is 22.4 Å². The number of aromatic nitrogens is 3. The number of rotatable bonds is 4. The first-order valence-corrected chi connectivity index (χ1v) is 8.85. The molecule has 1 atom stereocenters. The Balaban J connectivity index is 1.73. The van der Waals surface area contributed by atoms with Crippen molar-refractivity contribution in [1.29, 1.82) is 0 Å². The third kappa shape index (κ3) is 3.73. The standard InChI is InChI=1S/C21H14F4N4O/c22-16-4-2-9-26-18(16)17(12-5-7-13(8-6-12)21(23,24)25)29-20(30)15-11-28-19-14(15)3-1-10-27-19/h1-11,17H,(H,27,28)(H,29,30)/t17-/m0/s1. The fraction of sp³-hybridized carbons (Fsp3) is 0.0952. The van der Waals surface area contributed by atoms with Gasteiger partial charge in [-0.2, -0.15) is 13.2 Å². The maximum atomic E-state index is 14.4. The Hall–Kier alpha value is -3.75. The van der Waals surface area contributed by atoms with Gasteiger partial charge in [0.2, 0.25) is 0 Å². The Morgan fingerprint density at radius 2 is 1.70 bits per heavy atom. The van der Waals surface area contributed by atoms with Crippen LogP contribution in [0.1, 0.15) is 33.2 Å². The van der Waals surface area contributed by atoms with Gasteiger partial charge in [-0.05, 0) is 42.0 Å². The van der Waals surface area contributed by atoms with E-state index in [9.17, 15) is 22.4 Å². The van der Waals surface area contributed by atoms with Gasteiger partial charge in [0.05, 0.1) is 17.2 Å². The van der Waals surface area contributed by atoms with Crippen LogP contribution in [0.2, 0.25) is 0 Å². The molecule has 2 N–H and O–H groups in total. The highest BCUT2D eigenvalue weighted by Gasteiger charge is 2.31. The van der Waals surface area contributed by atoms with Crippen LogP contribution in [-0.4, -0.2) is 20.9 Å². The molecule has 3 aromatic heterocycles. The van der Waals surface area contributed by atoms with Gasteiger partial charge in [0.25, 0.3) is 5.91 Å². The van der Waals surface area contributed by atoms with E-state index >= 15 is 0 Å². The second-order valence-electron chi connectivity index (χ2n) is 6.50. The van der Waals surface area contributed by atoms with E-state index < -0.39 is 29.5 Å². The SMILES string of the molecule is O=C(N[C@@H](c1ccc(C(F)(F)F)cc1)c1ncccc1F)c1c[nH]c2ncccc12. The number of hydrogen-bond donors (Lipinski definition) is 2. The number of carbonyl (C=O) groups is 1. The molecule has 0 bridgehead atoms. The number of amides is 1. The van der Waals surface area contributed by atoms with E-state index in [2.05, 4.69) is 20.3 Å². The molecule has 0 spiro atoms. The highest BCUT2D eigenvalue weighted by atomic mass is 19.4. The normalized spacial score (nSPS) is 12.7. The molecule has 1 aromatic carbocycles. The van der Waals surface area contributed by atoms with E-state index in [-0.39, 0.29) is 16.8 Å². The second-order valence-corrected chi connectivity index (χ2v) is 6.50. The lowest BCUT2D eigenvalue weighted by molar-refractivity contribution is -0.137. The zero-order chi connectivity index (χ0) is 21.3. The predicted molar refractivity (Wildman–Crippen MR) is 101 cm³/mol. The first kappa shape index (κ1) is 19.6. The summed E-state index contributed by atoms with van der Waals surface area (Å²) in [7, 11) is 0. The van der Waals surface area contributed by atoms with Gasteiger partial charge in [-0.15, -0.1) is 0 Å². The molecule has 5 nitrogen and oxygen atoms in total. The van der Waals surface area contributed by atoms with Crippen LogP contribution < -0.4 is 5.32 Å². The topological polar surface area (TPSA) is 70.7 Å². The highest BCUT2D eigenvalue weighted by molar-refractivity contribution is 6.06. The van der Waals surface area contributed by atoms with Gasteiger partial charge < -0.3 is 10.3 Å². The third-order valence-electron chi connectivity index (χ3n) is 4.60. The quantitative estimate of drug-likeness (QED) is 0.478. The predicted octanol–water partition coefficient (Wildman–Crippen LogP) is 4.64. The number of hydrogen-bond acceptors (Lipinski definition) is 3. The molecule has 0 saturated heterocycles. The molecule has 0 aliphatic carbocycles. The lowest BCUT2D eigenvalue weighted by atomic mass is 10.00. The minimum Gasteiger partial charge on any atom is -0.345 e. The average Bonchev–Trinajstić information content (AvgIpc) is 3.16. The minimum atomic E-state index is -4.51. The van der Waals surface area contributed by atoms with Gasteiger partial charge in [0, 0.05) is 24.0 Å². The summed E-state index contributed by atoms with van der Waals surface area (Å²) in [5.41, 5.74) is 0.0695. The number of fused-ring (bicyclic) bond motifs is 1. The van der Waals surface area contributed by atoms with Crippen molar-refractivity contribution in [2.24, 2.45) is 0 Å². The molecular weight excluding hydrogens is 400 g/mol. The first-order chi connectivity index (χ1) is 14.3. The molecule has 9 heteroatoms. The van der Waals surface area contributed by atoms with Gasteiger partial charge in [0.15, 0.2) is 0 Å². The Labute approximate surface area is 167 Å². The van der Waals surface area contributed by atoms with Crippen LogP contribution in [-0.2, 0) is 6.18 Å². The van der Waals surface area contributed by atoms with Gasteiger partial charge in [0.1, 0.15) is 17.2 Å². The average molecular weight is 414 g/mol. The van der Waals surface area contributed by atoms with E-state index in [0.29, 0.717) is 11.0 Å². The van der Waals surface area contributed by atoms with E-state index in [1.165, 1.54) is 36.7 Å². The molecule has 0 aliphatic rings.